The third-order valence-electron chi connectivity index (χ3n) is 3.37. The van der Waals surface area contributed by atoms with Crippen LogP contribution in [0, 0.1) is 0 Å². The monoisotopic (exact) mass is 220 g/mol. The van der Waals surface area contributed by atoms with E-state index in [9.17, 15) is 0 Å². The molecule has 1 heterocycles. The van der Waals surface area contributed by atoms with Gasteiger partial charge in [0.05, 0.1) is 6.61 Å². The second-order valence-corrected chi connectivity index (χ2v) is 4.51. The van der Waals surface area contributed by atoms with Gasteiger partial charge in [0.2, 0.25) is 0 Å². The van der Waals surface area contributed by atoms with Crippen LogP contribution in [-0.2, 0) is 11.3 Å². The Kier molecular flexibility index (Phi) is 3.59. The number of likely N-dealkylation sites (tertiary alicyclic amines) is 1. The first-order valence-electron chi connectivity index (χ1n) is 5.76. The first kappa shape index (κ1) is 11.6. The Bertz CT molecular complexity index is 344. The predicted octanol–water partition coefficient (Wildman–Crippen LogP) is 1.54. The molecule has 3 nitrogen and oxygen atoms in total. The zero-order valence-electron chi connectivity index (χ0n) is 10.0. The predicted molar refractivity (Wildman–Crippen MR) is 65.1 cm³/mol. The molecule has 2 rings (SSSR count). The van der Waals surface area contributed by atoms with Gasteiger partial charge in [-0.2, -0.15) is 0 Å². The second-order valence-electron chi connectivity index (χ2n) is 4.51. The van der Waals surface area contributed by atoms with Gasteiger partial charge in [0.15, 0.2) is 0 Å². The molecule has 0 bridgehead atoms. The lowest BCUT2D eigenvalue weighted by molar-refractivity contribution is 0.181. The number of nitrogens with two attached hydrogens (primary N) is 1. The lowest BCUT2D eigenvalue weighted by Crippen LogP contribution is -2.30. The highest BCUT2D eigenvalue weighted by molar-refractivity contribution is 5.31. The van der Waals surface area contributed by atoms with E-state index >= 15 is 0 Å². The van der Waals surface area contributed by atoms with Crippen molar-refractivity contribution in [3.8, 4) is 0 Å². The molecule has 0 amide bonds. The molecule has 1 saturated heterocycles. The van der Waals surface area contributed by atoms with Gasteiger partial charge in [0.25, 0.3) is 0 Å². The van der Waals surface area contributed by atoms with Crippen LogP contribution in [0.4, 0.5) is 0 Å². The maximum absolute atomic E-state index is 6.18. The standard InChI is InChI=1S/C13H20N2O/c1-15-8-7-12(14)13(15)11-6-4-3-5-10(11)9-16-2/h3-6,12-13H,7-9,14H2,1-2H3. The molecule has 0 aromatic heterocycles. The van der Waals surface area contributed by atoms with Crippen molar-refractivity contribution in [2.75, 3.05) is 20.7 Å². The summed E-state index contributed by atoms with van der Waals surface area (Å²) in [7, 11) is 3.87. The summed E-state index contributed by atoms with van der Waals surface area (Å²) >= 11 is 0. The van der Waals surface area contributed by atoms with Crippen LogP contribution in [-0.4, -0.2) is 31.6 Å². The van der Waals surface area contributed by atoms with Crippen molar-refractivity contribution in [1.82, 2.24) is 4.90 Å². The quantitative estimate of drug-likeness (QED) is 0.839. The zero-order chi connectivity index (χ0) is 11.5. The number of rotatable bonds is 3. The topological polar surface area (TPSA) is 38.5 Å². The van der Waals surface area contributed by atoms with E-state index in [0.717, 1.165) is 13.0 Å². The summed E-state index contributed by atoms with van der Waals surface area (Å²) in [5.41, 5.74) is 8.75. The van der Waals surface area contributed by atoms with Crippen molar-refractivity contribution >= 4 is 0 Å². The smallest absolute Gasteiger partial charge is 0.0716 e. The van der Waals surface area contributed by atoms with Crippen LogP contribution in [0.5, 0.6) is 0 Å². The first-order valence-corrected chi connectivity index (χ1v) is 5.76. The molecule has 0 radical (unpaired) electrons. The third kappa shape index (κ3) is 2.12. The number of likely N-dealkylation sites (N-methyl/N-ethyl adjacent to an activating group) is 1. The highest BCUT2D eigenvalue weighted by Crippen LogP contribution is 2.31. The van der Waals surface area contributed by atoms with Gasteiger partial charge in [-0.05, 0) is 24.6 Å². The molecule has 2 atom stereocenters. The number of benzene rings is 1. The Morgan fingerprint density at radius 2 is 2.19 bits per heavy atom. The molecule has 2 unspecified atom stereocenters. The maximum atomic E-state index is 6.18. The third-order valence-corrected chi connectivity index (χ3v) is 3.37. The van der Waals surface area contributed by atoms with E-state index in [4.69, 9.17) is 10.5 Å². The van der Waals surface area contributed by atoms with Gasteiger partial charge < -0.3 is 10.5 Å². The van der Waals surface area contributed by atoms with Gasteiger partial charge in [-0.25, -0.2) is 0 Å². The molecule has 88 valence electrons. The number of hydrogen-bond donors (Lipinski definition) is 1. The normalized spacial score (nSPS) is 26.2. The second kappa shape index (κ2) is 4.95. The molecule has 1 aliphatic heterocycles. The minimum Gasteiger partial charge on any atom is -0.380 e. The van der Waals surface area contributed by atoms with E-state index in [-0.39, 0.29) is 6.04 Å². The van der Waals surface area contributed by atoms with Crippen molar-refractivity contribution in [2.24, 2.45) is 5.73 Å². The maximum Gasteiger partial charge on any atom is 0.0716 e. The van der Waals surface area contributed by atoms with Crippen LogP contribution in [0.15, 0.2) is 24.3 Å². The number of methoxy groups -OCH3 is 1. The van der Waals surface area contributed by atoms with Crippen LogP contribution in [0.25, 0.3) is 0 Å². The molecule has 3 heteroatoms. The summed E-state index contributed by atoms with van der Waals surface area (Å²) in [6.45, 7) is 1.74. The molecule has 0 aliphatic carbocycles. The van der Waals surface area contributed by atoms with Crippen LogP contribution in [0.1, 0.15) is 23.6 Å². The molecule has 1 aromatic carbocycles. The minimum absolute atomic E-state index is 0.239. The Labute approximate surface area is 97.2 Å². The number of ether oxygens (including phenoxy) is 1. The summed E-state index contributed by atoms with van der Waals surface area (Å²) in [6, 6.07) is 9.00. The molecular weight excluding hydrogens is 200 g/mol. The fourth-order valence-corrected chi connectivity index (χ4v) is 2.55. The summed E-state index contributed by atoms with van der Waals surface area (Å²) in [5, 5.41) is 0. The lowest BCUT2D eigenvalue weighted by atomic mass is 9.96. The lowest BCUT2D eigenvalue weighted by Gasteiger charge is -2.25. The van der Waals surface area contributed by atoms with E-state index in [1.54, 1.807) is 7.11 Å². The number of hydrogen-bond acceptors (Lipinski definition) is 3. The average molecular weight is 220 g/mol. The van der Waals surface area contributed by atoms with Gasteiger partial charge in [-0.1, -0.05) is 24.3 Å². The molecular formula is C13H20N2O. The van der Waals surface area contributed by atoms with Crippen molar-refractivity contribution in [1.29, 1.82) is 0 Å². The van der Waals surface area contributed by atoms with Crippen molar-refractivity contribution in [3.63, 3.8) is 0 Å². The van der Waals surface area contributed by atoms with Gasteiger partial charge >= 0.3 is 0 Å². The van der Waals surface area contributed by atoms with Gasteiger partial charge in [-0.15, -0.1) is 0 Å². The summed E-state index contributed by atoms with van der Waals surface area (Å²) in [4.78, 5) is 2.33. The Morgan fingerprint density at radius 3 is 2.81 bits per heavy atom. The summed E-state index contributed by atoms with van der Waals surface area (Å²) < 4.78 is 5.24. The van der Waals surface area contributed by atoms with E-state index in [0.29, 0.717) is 12.6 Å². The van der Waals surface area contributed by atoms with Gasteiger partial charge in [0.1, 0.15) is 0 Å². The summed E-state index contributed by atoms with van der Waals surface area (Å²) in [5.74, 6) is 0. The molecule has 16 heavy (non-hydrogen) atoms. The largest absolute Gasteiger partial charge is 0.380 e. The van der Waals surface area contributed by atoms with Crippen LogP contribution < -0.4 is 5.73 Å². The van der Waals surface area contributed by atoms with Crippen molar-refractivity contribution in [2.45, 2.75) is 25.1 Å². The average Bonchev–Trinajstić information content (AvgIpc) is 2.60. The molecule has 1 aliphatic rings. The summed E-state index contributed by atoms with van der Waals surface area (Å²) in [6.07, 6.45) is 1.07. The Hall–Kier alpha value is -0.900. The van der Waals surface area contributed by atoms with E-state index in [2.05, 4.69) is 36.2 Å². The van der Waals surface area contributed by atoms with Crippen molar-refractivity contribution in [3.05, 3.63) is 35.4 Å². The molecule has 0 spiro atoms. The van der Waals surface area contributed by atoms with Crippen LogP contribution in [0.3, 0.4) is 0 Å². The first-order chi connectivity index (χ1) is 7.74. The van der Waals surface area contributed by atoms with Crippen molar-refractivity contribution < 1.29 is 4.74 Å². The minimum atomic E-state index is 0.239. The van der Waals surface area contributed by atoms with Crippen LogP contribution >= 0.6 is 0 Å². The van der Waals surface area contributed by atoms with E-state index in [1.807, 2.05) is 0 Å². The molecule has 2 N–H and O–H groups in total. The van der Waals surface area contributed by atoms with Gasteiger partial charge in [0, 0.05) is 25.7 Å². The molecule has 0 saturated carbocycles. The highest BCUT2D eigenvalue weighted by Gasteiger charge is 2.31. The zero-order valence-corrected chi connectivity index (χ0v) is 10.0. The van der Waals surface area contributed by atoms with Gasteiger partial charge in [-0.3, -0.25) is 4.90 Å². The highest BCUT2D eigenvalue weighted by atomic mass is 16.5. The van der Waals surface area contributed by atoms with E-state index in [1.165, 1.54) is 11.1 Å². The number of nitrogens with zero attached hydrogens (tertiary/aromatic N) is 1. The fourth-order valence-electron chi connectivity index (χ4n) is 2.55. The van der Waals surface area contributed by atoms with Crippen LogP contribution in [0.2, 0.25) is 0 Å². The SMILES string of the molecule is COCc1ccccc1C1C(N)CCN1C. The van der Waals surface area contributed by atoms with E-state index < -0.39 is 0 Å². The molecule has 1 aromatic rings. The Morgan fingerprint density at radius 1 is 1.44 bits per heavy atom. The molecule has 1 fully saturated rings. The fraction of sp³-hybridized carbons (Fsp3) is 0.538. The Balaban J connectivity index is 2.31.